The summed E-state index contributed by atoms with van der Waals surface area (Å²) in [5.74, 6) is -0.652. The van der Waals surface area contributed by atoms with Crippen LogP contribution in [-0.4, -0.2) is 43.0 Å². The smallest absolute Gasteiger partial charge is 0.341 e. The van der Waals surface area contributed by atoms with Gasteiger partial charge in [0, 0.05) is 5.56 Å². The van der Waals surface area contributed by atoms with Gasteiger partial charge in [-0.05, 0) is 42.8 Å². The minimum Gasteiger partial charge on any atom is -0.490 e. The van der Waals surface area contributed by atoms with Gasteiger partial charge in [0.1, 0.15) is 6.61 Å². The highest BCUT2D eigenvalue weighted by molar-refractivity contribution is 6.37. The van der Waals surface area contributed by atoms with E-state index >= 15 is 0 Å². The first-order chi connectivity index (χ1) is 14.8. The molecule has 0 aliphatic carbocycles. The van der Waals surface area contributed by atoms with E-state index in [1.807, 2.05) is 6.92 Å². The van der Waals surface area contributed by atoms with Crippen molar-refractivity contribution < 1.29 is 28.9 Å². The van der Waals surface area contributed by atoms with Crippen LogP contribution in [0.5, 0.6) is 17.2 Å². The van der Waals surface area contributed by atoms with E-state index in [2.05, 4.69) is 17.1 Å². The quantitative estimate of drug-likeness (QED) is 0.292. The number of nitrogens with one attached hydrogen (secondary N) is 1. The molecule has 2 rings (SSSR count). The molecule has 0 bridgehead atoms. The monoisotopic (exact) mass is 466 g/mol. The van der Waals surface area contributed by atoms with Crippen molar-refractivity contribution in [2.45, 2.75) is 6.92 Å². The topological polar surface area (TPSA) is 106 Å². The number of carbonyl (C=O) groups is 2. The third-order valence-corrected chi connectivity index (χ3v) is 4.16. The first-order valence-corrected chi connectivity index (χ1v) is 9.78. The van der Waals surface area contributed by atoms with Crippen molar-refractivity contribution in [3.05, 3.63) is 64.2 Å². The number of rotatable bonds is 11. The second kappa shape index (κ2) is 11.8. The molecule has 0 radical (unpaired) electrons. The van der Waals surface area contributed by atoms with E-state index < -0.39 is 18.5 Å². The summed E-state index contributed by atoms with van der Waals surface area (Å²) in [5.41, 5.74) is 3.19. The van der Waals surface area contributed by atoms with Gasteiger partial charge in [0.05, 0.1) is 22.9 Å². The fourth-order valence-corrected chi connectivity index (χ4v) is 2.95. The molecular formula is C21H20Cl2N2O6. The lowest BCUT2D eigenvalue weighted by Crippen LogP contribution is -2.17. The van der Waals surface area contributed by atoms with Crippen molar-refractivity contribution >= 4 is 41.3 Å². The third kappa shape index (κ3) is 7.20. The number of amides is 1. The Hall–Kier alpha value is -3.23. The summed E-state index contributed by atoms with van der Waals surface area (Å²) in [4.78, 5) is 23.0. The number of hydrogen-bond donors (Lipinski definition) is 2. The van der Waals surface area contributed by atoms with Crippen LogP contribution in [0.3, 0.4) is 0 Å². The number of halogens is 2. The Labute approximate surface area is 189 Å². The predicted molar refractivity (Wildman–Crippen MR) is 118 cm³/mol. The molecule has 0 fully saturated rings. The Balaban J connectivity index is 2.08. The number of aliphatic carboxylic acids is 1. The molecule has 0 saturated carbocycles. The second-order valence-corrected chi connectivity index (χ2v) is 6.70. The average molecular weight is 467 g/mol. The van der Waals surface area contributed by atoms with E-state index in [4.69, 9.17) is 42.5 Å². The number of carboxylic acids is 1. The molecule has 0 spiro atoms. The number of hydrazone groups is 1. The van der Waals surface area contributed by atoms with E-state index in [0.717, 1.165) is 0 Å². The van der Waals surface area contributed by atoms with Gasteiger partial charge in [0.2, 0.25) is 0 Å². The molecule has 8 nitrogen and oxygen atoms in total. The Morgan fingerprint density at radius 1 is 1.13 bits per heavy atom. The van der Waals surface area contributed by atoms with Crippen molar-refractivity contribution in [1.82, 2.24) is 5.43 Å². The van der Waals surface area contributed by atoms with Crippen molar-refractivity contribution in [3.63, 3.8) is 0 Å². The van der Waals surface area contributed by atoms with Crippen molar-refractivity contribution in [2.75, 3.05) is 19.8 Å². The van der Waals surface area contributed by atoms with Gasteiger partial charge in [-0.3, -0.25) is 4.79 Å². The Kier molecular flexibility index (Phi) is 9.17. The molecule has 1 amide bonds. The van der Waals surface area contributed by atoms with Crippen molar-refractivity contribution in [2.24, 2.45) is 5.10 Å². The van der Waals surface area contributed by atoms with E-state index in [9.17, 15) is 9.59 Å². The largest absolute Gasteiger partial charge is 0.490 e. The zero-order valence-electron chi connectivity index (χ0n) is 16.6. The lowest BCUT2D eigenvalue weighted by molar-refractivity contribution is -0.139. The maximum absolute atomic E-state index is 12.4. The van der Waals surface area contributed by atoms with E-state index in [-0.39, 0.29) is 15.8 Å². The molecule has 0 saturated heterocycles. The Morgan fingerprint density at radius 3 is 2.45 bits per heavy atom. The molecule has 2 aromatic carbocycles. The van der Waals surface area contributed by atoms with Gasteiger partial charge in [-0.25, -0.2) is 10.2 Å². The van der Waals surface area contributed by atoms with Crippen molar-refractivity contribution in [1.29, 1.82) is 0 Å². The lowest BCUT2D eigenvalue weighted by atomic mass is 10.2. The summed E-state index contributed by atoms with van der Waals surface area (Å²) >= 11 is 12.1. The molecule has 0 atom stereocenters. The van der Waals surface area contributed by atoms with E-state index in [1.54, 1.807) is 24.3 Å². The molecule has 2 N–H and O–H groups in total. The number of hydrogen-bond acceptors (Lipinski definition) is 6. The average Bonchev–Trinajstić information content (AvgIpc) is 2.72. The molecule has 0 aromatic heterocycles. The lowest BCUT2D eigenvalue weighted by Gasteiger charge is -2.12. The summed E-state index contributed by atoms with van der Waals surface area (Å²) in [7, 11) is 0. The number of nitrogens with zero attached hydrogens (tertiary/aromatic N) is 1. The molecule has 2 aromatic rings. The molecular weight excluding hydrogens is 447 g/mol. The number of ether oxygens (including phenoxy) is 3. The third-order valence-electron chi connectivity index (χ3n) is 3.60. The zero-order chi connectivity index (χ0) is 22.8. The van der Waals surface area contributed by atoms with Gasteiger partial charge in [-0.1, -0.05) is 35.9 Å². The number of benzene rings is 2. The normalized spacial score (nSPS) is 10.5. The summed E-state index contributed by atoms with van der Waals surface area (Å²) in [6, 6.07) is 7.70. The highest BCUT2D eigenvalue weighted by Crippen LogP contribution is 2.34. The minimum absolute atomic E-state index is 0.0501. The highest BCUT2D eigenvalue weighted by atomic mass is 35.5. The van der Waals surface area contributed by atoms with Gasteiger partial charge in [0.15, 0.2) is 23.9 Å². The van der Waals surface area contributed by atoms with Crippen LogP contribution >= 0.6 is 23.2 Å². The Bertz CT molecular complexity index is 971. The maximum Gasteiger partial charge on any atom is 0.341 e. The first kappa shape index (κ1) is 24.0. The van der Waals surface area contributed by atoms with Gasteiger partial charge in [-0.2, -0.15) is 5.10 Å². The van der Waals surface area contributed by atoms with Crippen LogP contribution in [0.4, 0.5) is 0 Å². The molecule has 0 heterocycles. The van der Waals surface area contributed by atoms with Crippen LogP contribution in [0.1, 0.15) is 22.8 Å². The second-order valence-electron chi connectivity index (χ2n) is 5.89. The fourth-order valence-electron chi connectivity index (χ4n) is 2.34. The molecule has 31 heavy (non-hydrogen) atoms. The summed E-state index contributed by atoms with van der Waals surface area (Å²) in [6.45, 7) is 5.55. The van der Waals surface area contributed by atoms with E-state index in [0.29, 0.717) is 35.8 Å². The van der Waals surface area contributed by atoms with Crippen LogP contribution in [0.15, 0.2) is 48.1 Å². The standard InChI is InChI=1S/C21H20Cl2N2O6/c1-3-7-30-17-6-5-14(10-18(17)29-4-2)21(28)25-24-11-13-8-15(22)20(16(23)9-13)31-12-19(26)27/h3,5-6,8-11H,1,4,7,12H2,2H3,(H,25,28)(H,26,27)/b24-11+. The minimum atomic E-state index is -1.16. The van der Waals surface area contributed by atoms with Crippen LogP contribution in [0.25, 0.3) is 0 Å². The van der Waals surface area contributed by atoms with Gasteiger partial charge < -0.3 is 19.3 Å². The van der Waals surface area contributed by atoms with Crippen LogP contribution in [-0.2, 0) is 4.79 Å². The Morgan fingerprint density at radius 2 is 1.84 bits per heavy atom. The molecule has 10 heteroatoms. The summed E-state index contributed by atoms with van der Waals surface area (Å²) in [5, 5.41) is 12.8. The van der Waals surface area contributed by atoms with E-state index in [1.165, 1.54) is 18.3 Å². The summed E-state index contributed by atoms with van der Waals surface area (Å²) in [6.07, 6.45) is 2.94. The number of carboxylic acid groups (broad SMARTS) is 1. The molecule has 0 aliphatic heterocycles. The molecule has 0 unspecified atom stereocenters. The fraction of sp³-hybridized carbons (Fsp3) is 0.190. The van der Waals surface area contributed by atoms with Gasteiger partial charge in [-0.15, -0.1) is 0 Å². The van der Waals surface area contributed by atoms with Crippen molar-refractivity contribution in [3.8, 4) is 17.2 Å². The summed E-state index contributed by atoms with van der Waals surface area (Å²) < 4.78 is 16.1. The molecule has 164 valence electrons. The maximum atomic E-state index is 12.4. The first-order valence-electron chi connectivity index (χ1n) is 9.03. The van der Waals surface area contributed by atoms with Gasteiger partial charge >= 0.3 is 5.97 Å². The predicted octanol–water partition coefficient (Wildman–Crippen LogP) is 4.18. The highest BCUT2D eigenvalue weighted by Gasteiger charge is 2.12. The van der Waals surface area contributed by atoms with Crippen LogP contribution in [0.2, 0.25) is 10.0 Å². The van der Waals surface area contributed by atoms with Crippen LogP contribution < -0.4 is 19.6 Å². The van der Waals surface area contributed by atoms with Gasteiger partial charge in [0.25, 0.3) is 5.91 Å². The zero-order valence-corrected chi connectivity index (χ0v) is 18.1. The number of carbonyl (C=O) groups excluding carboxylic acids is 1. The molecule has 0 aliphatic rings. The SMILES string of the molecule is C=CCOc1ccc(C(=O)N/N=C/c2cc(Cl)c(OCC(=O)O)c(Cl)c2)cc1OCC. The van der Waals surface area contributed by atoms with Crippen LogP contribution in [0, 0.1) is 0 Å².